The maximum atomic E-state index is 12.9. The maximum absolute atomic E-state index is 12.9. The third kappa shape index (κ3) is 2.26. The zero-order valence-corrected chi connectivity index (χ0v) is 12.5. The quantitative estimate of drug-likeness (QED) is 0.881. The second-order valence-corrected chi connectivity index (χ2v) is 5.41. The van der Waals surface area contributed by atoms with Gasteiger partial charge in [-0.05, 0) is 18.1 Å². The Morgan fingerprint density at radius 3 is 2.09 bits per heavy atom. The first-order chi connectivity index (χ1) is 10.7. The molecule has 3 amide bonds. The lowest BCUT2D eigenvalue weighted by atomic mass is 9.83. The van der Waals surface area contributed by atoms with E-state index in [2.05, 4.69) is 5.32 Å². The molecule has 0 saturated carbocycles. The highest BCUT2D eigenvalue weighted by molar-refractivity contribution is 6.07. The van der Waals surface area contributed by atoms with Gasteiger partial charge < -0.3 is 5.32 Å². The van der Waals surface area contributed by atoms with Crippen molar-refractivity contribution in [3.8, 4) is 0 Å². The van der Waals surface area contributed by atoms with E-state index in [1.165, 1.54) is 4.90 Å². The zero-order valence-electron chi connectivity index (χ0n) is 12.5. The minimum atomic E-state index is -1.02. The van der Waals surface area contributed by atoms with E-state index in [0.29, 0.717) is 13.0 Å². The number of likely N-dealkylation sites (N-methyl/N-ethyl adjacent to an activating group) is 1. The minimum Gasteiger partial charge on any atom is -0.319 e. The molecule has 112 valence electrons. The maximum Gasteiger partial charge on any atom is 0.325 e. The van der Waals surface area contributed by atoms with Crippen molar-refractivity contribution in [1.82, 2.24) is 10.2 Å². The summed E-state index contributed by atoms with van der Waals surface area (Å²) in [6.45, 7) is 2.18. The first-order valence-electron chi connectivity index (χ1n) is 7.41. The van der Waals surface area contributed by atoms with Gasteiger partial charge >= 0.3 is 6.03 Å². The van der Waals surface area contributed by atoms with Crippen molar-refractivity contribution in [1.29, 1.82) is 0 Å². The van der Waals surface area contributed by atoms with Crippen LogP contribution in [-0.2, 0) is 16.8 Å². The monoisotopic (exact) mass is 294 g/mol. The van der Waals surface area contributed by atoms with Crippen molar-refractivity contribution < 1.29 is 9.59 Å². The van der Waals surface area contributed by atoms with Gasteiger partial charge in [0.15, 0.2) is 5.54 Å². The molecule has 0 aromatic heterocycles. The van der Waals surface area contributed by atoms with Gasteiger partial charge in [0.05, 0.1) is 0 Å². The van der Waals surface area contributed by atoms with E-state index >= 15 is 0 Å². The second kappa shape index (κ2) is 5.64. The molecule has 1 atom stereocenters. The smallest absolute Gasteiger partial charge is 0.319 e. The summed E-state index contributed by atoms with van der Waals surface area (Å²) in [6, 6.07) is 18.9. The van der Waals surface area contributed by atoms with Gasteiger partial charge in [-0.15, -0.1) is 0 Å². The van der Waals surface area contributed by atoms with Crippen molar-refractivity contribution in [2.75, 3.05) is 6.54 Å². The largest absolute Gasteiger partial charge is 0.325 e. The highest BCUT2D eigenvalue weighted by Gasteiger charge is 2.51. The molecule has 1 fully saturated rings. The Morgan fingerprint density at radius 1 is 0.955 bits per heavy atom. The van der Waals surface area contributed by atoms with Crippen LogP contribution in [-0.4, -0.2) is 23.4 Å². The van der Waals surface area contributed by atoms with Crippen LogP contribution >= 0.6 is 0 Å². The molecule has 0 aliphatic carbocycles. The Labute approximate surface area is 129 Å². The van der Waals surface area contributed by atoms with E-state index in [-0.39, 0.29) is 11.9 Å². The third-order valence-corrected chi connectivity index (χ3v) is 4.07. The molecular formula is C18H18N2O2. The van der Waals surface area contributed by atoms with E-state index in [4.69, 9.17) is 0 Å². The van der Waals surface area contributed by atoms with Gasteiger partial charge in [0.2, 0.25) is 0 Å². The number of urea groups is 1. The number of carbonyl (C=O) groups excluding carboxylic acids is 2. The number of hydrogen-bond acceptors (Lipinski definition) is 2. The highest BCUT2D eigenvalue weighted by Crippen LogP contribution is 2.32. The van der Waals surface area contributed by atoms with Crippen molar-refractivity contribution in [3.63, 3.8) is 0 Å². The summed E-state index contributed by atoms with van der Waals surface area (Å²) >= 11 is 0. The molecule has 1 aliphatic rings. The van der Waals surface area contributed by atoms with Gasteiger partial charge in [0, 0.05) is 13.0 Å². The van der Waals surface area contributed by atoms with Crippen LogP contribution in [0.4, 0.5) is 4.79 Å². The number of carbonyl (C=O) groups is 2. The number of hydrogen-bond donors (Lipinski definition) is 1. The average molecular weight is 294 g/mol. The summed E-state index contributed by atoms with van der Waals surface area (Å²) in [5, 5.41) is 2.92. The van der Waals surface area contributed by atoms with E-state index < -0.39 is 5.54 Å². The van der Waals surface area contributed by atoms with Crippen molar-refractivity contribution in [2.24, 2.45) is 0 Å². The predicted molar refractivity (Wildman–Crippen MR) is 84.2 cm³/mol. The van der Waals surface area contributed by atoms with Crippen LogP contribution in [0.2, 0.25) is 0 Å². The zero-order chi connectivity index (χ0) is 15.6. The molecule has 2 aromatic carbocycles. The summed E-state index contributed by atoms with van der Waals surface area (Å²) in [7, 11) is 0. The third-order valence-electron chi connectivity index (χ3n) is 4.07. The number of nitrogens with zero attached hydrogens (tertiary/aromatic N) is 1. The summed E-state index contributed by atoms with van der Waals surface area (Å²) in [6.07, 6.45) is 0.443. The molecule has 3 rings (SSSR count). The van der Waals surface area contributed by atoms with Crippen LogP contribution in [0.15, 0.2) is 60.7 Å². The lowest BCUT2D eigenvalue weighted by Gasteiger charge is -2.27. The Hall–Kier alpha value is -2.62. The van der Waals surface area contributed by atoms with Gasteiger partial charge in [0.1, 0.15) is 0 Å². The fraction of sp³-hybridized carbons (Fsp3) is 0.222. The van der Waals surface area contributed by atoms with Crippen LogP contribution in [0, 0.1) is 0 Å². The number of nitrogens with one attached hydrogen (secondary N) is 1. The van der Waals surface area contributed by atoms with Gasteiger partial charge in [-0.3, -0.25) is 9.69 Å². The van der Waals surface area contributed by atoms with Gasteiger partial charge in [0.25, 0.3) is 5.91 Å². The summed E-state index contributed by atoms with van der Waals surface area (Å²) in [5.74, 6) is -0.185. The van der Waals surface area contributed by atoms with Crippen LogP contribution < -0.4 is 5.32 Å². The topological polar surface area (TPSA) is 49.4 Å². The summed E-state index contributed by atoms with van der Waals surface area (Å²) in [5.41, 5.74) is 0.807. The van der Waals surface area contributed by atoms with E-state index in [0.717, 1.165) is 11.1 Å². The van der Waals surface area contributed by atoms with Crippen molar-refractivity contribution >= 4 is 11.9 Å². The van der Waals surface area contributed by atoms with Crippen molar-refractivity contribution in [2.45, 2.75) is 18.9 Å². The van der Waals surface area contributed by atoms with Crippen molar-refractivity contribution in [3.05, 3.63) is 71.8 Å². The highest BCUT2D eigenvalue weighted by atomic mass is 16.2. The molecule has 1 heterocycles. The lowest BCUT2D eigenvalue weighted by molar-refractivity contribution is -0.131. The molecule has 1 saturated heterocycles. The van der Waals surface area contributed by atoms with Gasteiger partial charge in [-0.25, -0.2) is 4.79 Å². The molecule has 4 heteroatoms. The lowest BCUT2D eigenvalue weighted by Crippen LogP contribution is -2.46. The van der Waals surface area contributed by atoms with E-state index in [1.54, 1.807) is 6.92 Å². The summed E-state index contributed by atoms with van der Waals surface area (Å²) in [4.78, 5) is 26.4. The Morgan fingerprint density at radius 2 is 1.55 bits per heavy atom. The Kier molecular flexibility index (Phi) is 3.67. The minimum absolute atomic E-state index is 0.185. The molecule has 1 aliphatic heterocycles. The Balaban J connectivity index is 2.08. The van der Waals surface area contributed by atoms with Crippen LogP contribution in [0.3, 0.4) is 0 Å². The molecular weight excluding hydrogens is 276 g/mol. The summed E-state index contributed by atoms with van der Waals surface area (Å²) < 4.78 is 0. The predicted octanol–water partition coefficient (Wildman–Crippen LogP) is 2.70. The first-order valence-corrected chi connectivity index (χ1v) is 7.41. The molecule has 1 unspecified atom stereocenters. The number of rotatable bonds is 4. The molecule has 1 N–H and O–H groups in total. The standard InChI is InChI=1S/C18H18N2O2/c1-2-20-16(21)18(19-17(20)22,15-11-7-4-8-12-15)13-14-9-5-3-6-10-14/h3-12H,2,13H2,1H3,(H,19,22). The molecule has 0 spiro atoms. The van der Waals surface area contributed by atoms with Crippen LogP contribution in [0.1, 0.15) is 18.1 Å². The fourth-order valence-corrected chi connectivity index (χ4v) is 2.96. The molecule has 2 aromatic rings. The molecule has 4 nitrogen and oxygen atoms in total. The SMILES string of the molecule is CCN1C(=O)NC(Cc2ccccc2)(c2ccccc2)C1=O. The van der Waals surface area contributed by atoms with Gasteiger partial charge in [-0.1, -0.05) is 60.7 Å². The van der Waals surface area contributed by atoms with E-state index in [1.807, 2.05) is 60.7 Å². The normalized spacial score (nSPS) is 21.0. The van der Waals surface area contributed by atoms with E-state index in [9.17, 15) is 9.59 Å². The van der Waals surface area contributed by atoms with Crippen LogP contribution in [0.25, 0.3) is 0 Å². The first kappa shape index (κ1) is 14.3. The van der Waals surface area contributed by atoms with Gasteiger partial charge in [-0.2, -0.15) is 0 Å². The average Bonchev–Trinajstić information content (AvgIpc) is 2.80. The van der Waals surface area contributed by atoms with Crippen LogP contribution in [0.5, 0.6) is 0 Å². The molecule has 22 heavy (non-hydrogen) atoms. The number of imide groups is 1. The number of benzene rings is 2. The molecule has 0 radical (unpaired) electrons. The second-order valence-electron chi connectivity index (χ2n) is 5.41. The fourth-order valence-electron chi connectivity index (χ4n) is 2.96. The molecule has 0 bridgehead atoms. The number of amides is 3. The Bertz CT molecular complexity index is 685.